The third kappa shape index (κ3) is 3.42. The largest absolute Gasteiger partial charge is 0.411 e. The van der Waals surface area contributed by atoms with Gasteiger partial charge in [0.05, 0.1) is 6.21 Å². The lowest BCUT2D eigenvalue weighted by Gasteiger charge is -2.22. The zero-order chi connectivity index (χ0) is 17.8. The van der Waals surface area contributed by atoms with Gasteiger partial charge < -0.3 is 16.7 Å². The van der Waals surface area contributed by atoms with Crippen molar-refractivity contribution in [2.75, 3.05) is 0 Å². The molecule has 0 unspecified atom stereocenters. The van der Waals surface area contributed by atoms with Crippen LogP contribution in [0.5, 0.6) is 0 Å². The summed E-state index contributed by atoms with van der Waals surface area (Å²) in [6, 6.07) is 15.2. The van der Waals surface area contributed by atoms with Crippen LogP contribution in [0.2, 0.25) is 0 Å². The molecule has 2 aromatic rings. The third-order valence-corrected chi connectivity index (χ3v) is 4.11. The SMILES string of the molecule is NC(N)=NC(=O)c1cccc(C2=C(C=NO)CCc3ccccc32)c1. The van der Waals surface area contributed by atoms with Crippen molar-refractivity contribution in [1.29, 1.82) is 0 Å². The molecule has 5 N–H and O–H groups in total. The molecule has 0 spiro atoms. The normalized spacial score (nSPS) is 13.6. The number of oxime groups is 1. The predicted molar refractivity (Wildman–Crippen MR) is 97.6 cm³/mol. The van der Waals surface area contributed by atoms with Crippen LogP contribution in [-0.4, -0.2) is 23.3 Å². The van der Waals surface area contributed by atoms with Gasteiger partial charge in [0.15, 0.2) is 5.96 Å². The quantitative estimate of drug-likeness (QED) is 0.346. The molecule has 0 bridgehead atoms. The first-order valence-corrected chi connectivity index (χ1v) is 7.83. The second-order valence-corrected chi connectivity index (χ2v) is 5.72. The van der Waals surface area contributed by atoms with Gasteiger partial charge in [-0.2, -0.15) is 4.99 Å². The molecule has 25 heavy (non-hydrogen) atoms. The number of aliphatic imine (C=N–C) groups is 1. The molecule has 6 heteroatoms. The molecule has 0 saturated carbocycles. The van der Waals surface area contributed by atoms with Crippen LogP contribution in [0.1, 0.15) is 33.5 Å². The van der Waals surface area contributed by atoms with Gasteiger partial charge in [0.1, 0.15) is 0 Å². The third-order valence-electron chi connectivity index (χ3n) is 4.11. The molecule has 0 fully saturated rings. The Kier molecular flexibility index (Phi) is 4.61. The van der Waals surface area contributed by atoms with E-state index < -0.39 is 5.91 Å². The van der Waals surface area contributed by atoms with Crippen LogP contribution in [0.25, 0.3) is 5.57 Å². The second-order valence-electron chi connectivity index (χ2n) is 5.72. The van der Waals surface area contributed by atoms with Crippen molar-refractivity contribution >= 4 is 23.7 Å². The van der Waals surface area contributed by atoms with Crippen LogP contribution in [-0.2, 0) is 6.42 Å². The van der Waals surface area contributed by atoms with E-state index >= 15 is 0 Å². The Labute approximate surface area is 145 Å². The van der Waals surface area contributed by atoms with Gasteiger partial charge in [-0.15, -0.1) is 0 Å². The van der Waals surface area contributed by atoms with Crippen LogP contribution in [0.4, 0.5) is 0 Å². The van der Waals surface area contributed by atoms with Gasteiger partial charge in [0.25, 0.3) is 5.91 Å². The summed E-state index contributed by atoms with van der Waals surface area (Å²) in [5, 5.41) is 12.2. The van der Waals surface area contributed by atoms with E-state index in [2.05, 4.69) is 16.2 Å². The summed E-state index contributed by atoms with van der Waals surface area (Å²) in [6.45, 7) is 0. The van der Waals surface area contributed by atoms with Crippen molar-refractivity contribution < 1.29 is 10.0 Å². The minimum absolute atomic E-state index is 0.272. The van der Waals surface area contributed by atoms with Gasteiger partial charge in [-0.1, -0.05) is 41.6 Å². The molecule has 2 aromatic carbocycles. The van der Waals surface area contributed by atoms with Crippen molar-refractivity contribution in [2.24, 2.45) is 21.6 Å². The van der Waals surface area contributed by atoms with Crippen LogP contribution < -0.4 is 11.5 Å². The molecule has 3 rings (SSSR count). The van der Waals surface area contributed by atoms with E-state index in [4.69, 9.17) is 16.7 Å². The number of benzene rings is 2. The fourth-order valence-electron chi connectivity index (χ4n) is 3.08. The van der Waals surface area contributed by atoms with Gasteiger partial charge >= 0.3 is 0 Å². The molecule has 1 amide bonds. The number of hydrogen-bond acceptors (Lipinski definition) is 3. The first kappa shape index (κ1) is 16.4. The van der Waals surface area contributed by atoms with Crippen LogP contribution >= 0.6 is 0 Å². The zero-order valence-electron chi connectivity index (χ0n) is 13.5. The Hall–Kier alpha value is -3.41. The summed E-state index contributed by atoms with van der Waals surface area (Å²) in [5.74, 6) is -0.769. The number of rotatable bonds is 3. The Morgan fingerprint density at radius 2 is 1.88 bits per heavy atom. The topological polar surface area (TPSA) is 114 Å². The molecule has 0 aliphatic heterocycles. The monoisotopic (exact) mass is 334 g/mol. The van der Waals surface area contributed by atoms with Gasteiger partial charge in [-0.05, 0) is 52.8 Å². The number of amides is 1. The van der Waals surface area contributed by atoms with Crippen LogP contribution in [0.3, 0.4) is 0 Å². The highest BCUT2D eigenvalue weighted by Gasteiger charge is 2.20. The lowest BCUT2D eigenvalue weighted by atomic mass is 9.82. The van der Waals surface area contributed by atoms with E-state index in [-0.39, 0.29) is 5.96 Å². The lowest BCUT2D eigenvalue weighted by molar-refractivity contribution is 0.100. The van der Waals surface area contributed by atoms with E-state index in [9.17, 15) is 4.79 Å². The average Bonchev–Trinajstić information content (AvgIpc) is 2.61. The van der Waals surface area contributed by atoms with E-state index in [0.29, 0.717) is 5.56 Å². The summed E-state index contributed by atoms with van der Waals surface area (Å²) >= 11 is 0. The van der Waals surface area contributed by atoms with Gasteiger partial charge in [0, 0.05) is 5.56 Å². The summed E-state index contributed by atoms with van der Waals surface area (Å²) in [6.07, 6.45) is 3.08. The van der Waals surface area contributed by atoms with Gasteiger partial charge in [0.2, 0.25) is 0 Å². The molecule has 0 radical (unpaired) electrons. The molecular weight excluding hydrogens is 316 g/mol. The molecule has 0 atom stereocenters. The number of nitrogens with zero attached hydrogens (tertiary/aromatic N) is 2. The van der Waals surface area contributed by atoms with Crippen molar-refractivity contribution in [3.8, 4) is 0 Å². The number of hydrogen-bond donors (Lipinski definition) is 3. The molecule has 1 aliphatic carbocycles. The molecule has 0 aromatic heterocycles. The van der Waals surface area contributed by atoms with Crippen molar-refractivity contribution in [1.82, 2.24) is 0 Å². The molecule has 1 aliphatic rings. The molecule has 0 heterocycles. The molecule has 0 saturated heterocycles. The number of fused-ring (bicyclic) bond motifs is 1. The van der Waals surface area contributed by atoms with Gasteiger partial charge in [-0.25, -0.2) is 0 Å². The minimum Gasteiger partial charge on any atom is -0.411 e. The van der Waals surface area contributed by atoms with E-state index in [0.717, 1.165) is 35.1 Å². The lowest BCUT2D eigenvalue weighted by Crippen LogP contribution is -2.24. The first-order chi connectivity index (χ1) is 12.1. The maximum absolute atomic E-state index is 12.1. The Morgan fingerprint density at radius 1 is 1.08 bits per heavy atom. The van der Waals surface area contributed by atoms with E-state index in [1.54, 1.807) is 18.2 Å². The minimum atomic E-state index is -0.496. The Bertz CT molecular complexity index is 909. The summed E-state index contributed by atoms with van der Waals surface area (Å²) in [5.41, 5.74) is 15.9. The number of guanidine groups is 1. The summed E-state index contributed by atoms with van der Waals surface area (Å²) < 4.78 is 0. The highest BCUT2D eigenvalue weighted by Crippen LogP contribution is 2.35. The van der Waals surface area contributed by atoms with Crippen molar-refractivity contribution in [2.45, 2.75) is 12.8 Å². The van der Waals surface area contributed by atoms with Crippen LogP contribution in [0, 0.1) is 0 Å². The average molecular weight is 334 g/mol. The van der Waals surface area contributed by atoms with E-state index in [1.807, 2.05) is 24.3 Å². The second kappa shape index (κ2) is 7.00. The highest BCUT2D eigenvalue weighted by atomic mass is 16.4. The number of carbonyl (C=O) groups is 1. The standard InChI is InChI=1S/C19H18N4O2/c20-19(21)23-18(24)14-6-3-5-13(10-14)17-15(11-22-25)9-8-12-4-1-2-7-16(12)17/h1-7,10-11,25H,8-9H2,(H4,20,21,23,24). The maximum Gasteiger partial charge on any atom is 0.280 e. The van der Waals surface area contributed by atoms with Crippen molar-refractivity contribution in [3.05, 3.63) is 76.4 Å². The Balaban J connectivity index is 2.15. The number of nitrogens with two attached hydrogens (primary N) is 2. The highest BCUT2D eigenvalue weighted by molar-refractivity contribution is 6.04. The molecular formula is C19H18N4O2. The summed E-state index contributed by atoms with van der Waals surface area (Å²) in [4.78, 5) is 15.7. The first-order valence-electron chi connectivity index (χ1n) is 7.83. The molecule has 6 nitrogen and oxygen atoms in total. The van der Waals surface area contributed by atoms with Crippen LogP contribution in [0.15, 0.2) is 64.3 Å². The fourth-order valence-corrected chi connectivity index (χ4v) is 3.08. The van der Waals surface area contributed by atoms with E-state index in [1.165, 1.54) is 11.8 Å². The number of allylic oxidation sites excluding steroid dienone is 1. The number of aryl methyl sites for hydroxylation is 1. The van der Waals surface area contributed by atoms with Gasteiger partial charge in [-0.3, -0.25) is 4.79 Å². The van der Waals surface area contributed by atoms with Crippen molar-refractivity contribution in [3.63, 3.8) is 0 Å². The summed E-state index contributed by atoms with van der Waals surface area (Å²) in [7, 11) is 0. The zero-order valence-corrected chi connectivity index (χ0v) is 13.5. The fraction of sp³-hybridized carbons (Fsp3) is 0.105. The predicted octanol–water partition coefficient (Wildman–Crippen LogP) is 2.31. The smallest absolute Gasteiger partial charge is 0.280 e. The Morgan fingerprint density at radius 3 is 2.64 bits per heavy atom. The maximum atomic E-state index is 12.1. The number of carbonyl (C=O) groups excluding carboxylic acids is 1. The molecule has 126 valence electrons.